The maximum Gasteiger partial charge on any atom is 0.271 e. The van der Waals surface area contributed by atoms with Crippen molar-refractivity contribution in [2.75, 3.05) is 18.4 Å². The Morgan fingerprint density at radius 1 is 1.23 bits per heavy atom. The highest BCUT2D eigenvalue weighted by Crippen LogP contribution is 2.24. The molecule has 1 fully saturated rings. The molecule has 9 nitrogen and oxygen atoms in total. The number of benzene rings is 2. The number of carbonyl (C=O) groups excluding carboxylic acids is 1. The summed E-state index contributed by atoms with van der Waals surface area (Å²) in [6, 6.07) is 13.7. The van der Waals surface area contributed by atoms with Gasteiger partial charge in [0.15, 0.2) is 0 Å². The predicted molar refractivity (Wildman–Crippen MR) is 117 cm³/mol. The van der Waals surface area contributed by atoms with Crippen molar-refractivity contribution >= 4 is 33.2 Å². The van der Waals surface area contributed by atoms with Crippen LogP contribution >= 0.6 is 15.9 Å². The van der Waals surface area contributed by atoms with Crippen molar-refractivity contribution in [1.29, 1.82) is 0 Å². The lowest BCUT2D eigenvalue weighted by Crippen LogP contribution is -2.37. The Kier molecular flexibility index (Phi) is 6.38. The van der Waals surface area contributed by atoms with Gasteiger partial charge in [-0.15, -0.1) is 0 Å². The van der Waals surface area contributed by atoms with E-state index in [-0.39, 0.29) is 17.5 Å². The van der Waals surface area contributed by atoms with E-state index in [1.165, 1.54) is 12.1 Å². The summed E-state index contributed by atoms with van der Waals surface area (Å²) in [6.07, 6.45) is 1.38. The first kappa shape index (κ1) is 21.1. The van der Waals surface area contributed by atoms with Crippen LogP contribution in [0.5, 0.6) is 0 Å². The van der Waals surface area contributed by atoms with E-state index >= 15 is 0 Å². The average molecular weight is 486 g/mol. The van der Waals surface area contributed by atoms with Crippen molar-refractivity contribution in [3.05, 3.63) is 69.0 Å². The van der Waals surface area contributed by atoms with Gasteiger partial charge in [0.2, 0.25) is 17.6 Å². The minimum absolute atomic E-state index is 0.0466. The molecule has 3 aromatic rings. The molecule has 0 unspecified atom stereocenters. The quantitative estimate of drug-likeness (QED) is 0.409. The van der Waals surface area contributed by atoms with Crippen LogP contribution in [0.25, 0.3) is 11.4 Å². The van der Waals surface area contributed by atoms with Crippen LogP contribution in [0, 0.1) is 16.0 Å². The first-order valence-electron chi connectivity index (χ1n) is 9.84. The van der Waals surface area contributed by atoms with Crippen LogP contribution in [0.1, 0.15) is 18.7 Å². The highest BCUT2D eigenvalue weighted by Gasteiger charge is 2.26. The summed E-state index contributed by atoms with van der Waals surface area (Å²) in [6.45, 7) is 1.98. The number of amides is 1. The zero-order chi connectivity index (χ0) is 21.8. The third kappa shape index (κ3) is 5.33. The topological polar surface area (TPSA) is 114 Å². The van der Waals surface area contributed by atoms with Gasteiger partial charge < -0.3 is 9.84 Å². The number of nitrogens with zero attached hydrogens (tertiary/aromatic N) is 4. The fourth-order valence-corrected chi connectivity index (χ4v) is 3.79. The second-order valence-electron chi connectivity index (χ2n) is 7.37. The van der Waals surface area contributed by atoms with Crippen molar-refractivity contribution in [3.8, 4) is 11.4 Å². The number of rotatable bonds is 6. The molecular weight excluding hydrogens is 466 g/mol. The summed E-state index contributed by atoms with van der Waals surface area (Å²) in [5.41, 5.74) is 1.28. The van der Waals surface area contributed by atoms with E-state index < -0.39 is 4.92 Å². The molecule has 160 valence electrons. The van der Waals surface area contributed by atoms with Crippen LogP contribution in [0.15, 0.2) is 57.5 Å². The second-order valence-corrected chi connectivity index (χ2v) is 8.28. The minimum Gasteiger partial charge on any atom is -0.338 e. The number of likely N-dealkylation sites (tertiary alicyclic amines) is 1. The third-order valence-corrected chi connectivity index (χ3v) is 5.74. The summed E-state index contributed by atoms with van der Waals surface area (Å²) < 4.78 is 6.37. The van der Waals surface area contributed by atoms with Crippen molar-refractivity contribution in [1.82, 2.24) is 15.0 Å². The van der Waals surface area contributed by atoms with Gasteiger partial charge >= 0.3 is 0 Å². The molecule has 0 saturated carbocycles. The van der Waals surface area contributed by atoms with Gasteiger partial charge in [-0.1, -0.05) is 27.2 Å². The van der Waals surface area contributed by atoms with Crippen molar-refractivity contribution in [3.63, 3.8) is 0 Å². The third-order valence-electron chi connectivity index (χ3n) is 5.21. The molecule has 1 aromatic heterocycles. The van der Waals surface area contributed by atoms with E-state index in [1.807, 2.05) is 24.3 Å². The lowest BCUT2D eigenvalue weighted by molar-refractivity contribution is -0.384. The number of nitrogens with one attached hydrogen (secondary N) is 1. The lowest BCUT2D eigenvalue weighted by Gasteiger charge is -2.30. The number of nitro benzene ring substituents is 1. The van der Waals surface area contributed by atoms with Gasteiger partial charge in [0.05, 0.1) is 11.5 Å². The van der Waals surface area contributed by atoms with E-state index in [0.29, 0.717) is 36.8 Å². The molecule has 0 atom stereocenters. The fourth-order valence-electron chi connectivity index (χ4n) is 3.52. The van der Waals surface area contributed by atoms with Crippen LogP contribution in [-0.2, 0) is 11.3 Å². The Hall–Kier alpha value is -3.11. The molecule has 2 aromatic carbocycles. The standard InChI is InChI=1S/C21H20BrN5O4/c22-16-6-4-14(5-7-16)20-24-19(31-25-20)13-26-10-8-15(9-11-26)21(28)23-17-2-1-3-18(12-17)27(29)30/h1-7,12,15H,8-11,13H2,(H,23,28). The zero-order valence-electron chi connectivity index (χ0n) is 16.5. The molecule has 1 aliphatic rings. The summed E-state index contributed by atoms with van der Waals surface area (Å²) in [7, 11) is 0. The van der Waals surface area contributed by atoms with Gasteiger partial charge in [-0.05, 0) is 56.3 Å². The lowest BCUT2D eigenvalue weighted by atomic mass is 9.96. The minimum atomic E-state index is -0.478. The van der Waals surface area contributed by atoms with E-state index in [4.69, 9.17) is 4.52 Å². The number of non-ortho nitro benzene ring substituents is 1. The molecule has 0 spiro atoms. The predicted octanol–water partition coefficient (Wildman–Crippen LogP) is 4.26. The van der Waals surface area contributed by atoms with Crippen LogP contribution < -0.4 is 5.32 Å². The monoisotopic (exact) mass is 485 g/mol. The van der Waals surface area contributed by atoms with E-state index in [9.17, 15) is 14.9 Å². The SMILES string of the molecule is O=C(Nc1cccc([N+](=O)[O-])c1)C1CCN(Cc2nc(-c3ccc(Br)cc3)no2)CC1. The Balaban J connectivity index is 1.29. The number of halogens is 1. The van der Waals surface area contributed by atoms with Gasteiger partial charge in [-0.3, -0.25) is 19.8 Å². The van der Waals surface area contributed by atoms with Crippen LogP contribution in [0.2, 0.25) is 0 Å². The largest absolute Gasteiger partial charge is 0.338 e. The van der Waals surface area contributed by atoms with E-state index in [2.05, 4.69) is 36.3 Å². The Morgan fingerprint density at radius 3 is 2.68 bits per heavy atom. The molecule has 0 bridgehead atoms. The molecule has 10 heteroatoms. The normalized spacial score (nSPS) is 15.0. The highest BCUT2D eigenvalue weighted by molar-refractivity contribution is 9.10. The van der Waals surface area contributed by atoms with Crippen molar-refractivity contribution in [2.24, 2.45) is 5.92 Å². The summed E-state index contributed by atoms with van der Waals surface area (Å²) in [4.78, 5) is 29.6. The molecule has 4 rings (SSSR count). The summed E-state index contributed by atoms with van der Waals surface area (Å²) in [5, 5.41) is 17.7. The number of aromatic nitrogens is 2. The molecule has 1 saturated heterocycles. The number of nitro groups is 1. The van der Waals surface area contributed by atoms with Gasteiger partial charge in [0.25, 0.3) is 5.69 Å². The molecule has 2 heterocycles. The molecule has 0 radical (unpaired) electrons. The first-order chi connectivity index (χ1) is 15.0. The highest BCUT2D eigenvalue weighted by atomic mass is 79.9. The maximum atomic E-state index is 12.6. The van der Waals surface area contributed by atoms with Gasteiger partial charge in [-0.25, -0.2) is 0 Å². The first-order valence-corrected chi connectivity index (χ1v) is 10.6. The van der Waals surface area contributed by atoms with Crippen LogP contribution in [-0.4, -0.2) is 39.0 Å². The van der Waals surface area contributed by atoms with Crippen molar-refractivity contribution in [2.45, 2.75) is 19.4 Å². The molecule has 1 N–H and O–H groups in total. The molecule has 1 aliphatic heterocycles. The van der Waals surface area contributed by atoms with Crippen LogP contribution in [0.3, 0.4) is 0 Å². The maximum absolute atomic E-state index is 12.6. The molecular formula is C21H20BrN5O4. The van der Waals surface area contributed by atoms with Gasteiger partial charge in [-0.2, -0.15) is 4.98 Å². The number of anilines is 1. The Bertz CT molecular complexity index is 1080. The number of piperidine rings is 1. The molecule has 31 heavy (non-hydrogen) atoms. The number of carbonyl (C=O) groups is 1. The summed E-state index contributed by atoms with van der Waals surface area (Å²) >= 11 is 3.40. The van der Waals surface area contributed by atoms with E-state index in [0.717, 1.165) is 23.1 Å². The van der Waals surface area contributed by atoms with Crippen LogP contribution in [0.4, 0.5) is 11.4 Å². The van der Waals surface area contributed by atoms with Gasteiger partial charge in [0.1, 0.15) is 0 Å². The zero-order valence-corrected chi connectivity index (χ0v) is 18.1. The fraction of sp³-hybridized carbons (Fsp3) is 0.286. The van der Waals surface area contributed by atoms with Crippen molar-refractivity contribution < 1.29 is 14.2 Å². The number of hydrogen-bond acceptors (Lipinski definition) is 7. The number of hydrogen-bond donors (Lipinski definition) is 1. The summed E-state index contributed by atoms with van der Waals surface area (Å²) in [5.74, 6) is 0.832. The molecule has 1 amide bonds. The van der Waals surface area contributed by atoms with E-state index in [1.54, 1.807) is 12.1 Å². The average Bonchev–Trinajstić information content (AvgIpc) is 3.23. The molecule has 0 aliphatic carbocycles. The van der Waals surface area contributed by atoms with Gasteiger partial charge in [0, 0.05) is 33.8 Å². The Labute approximate surface area is 186 Å². The Morgan fingerprint density at radius 2 is 1.97 bits per heavy atom. The second kappa shape index (κ2) is 9.36. The smallest absolute Gasteiger partial charge is 0.271 e.